The van der Waals surface area contributed by atoms with Gasteiger partial charge in [0.25, 0.3) is 0 Å². The van der Waals surface area contributed by atoms with E-state index in [1.54, 1.807) is 36.5 Å². The number of hydrogen-bond donors (Lipinski definition) is 3. The van der Waals surface area contributed by atoms with Crippen molar-refractivity contribution < 1.29 is 27.8 Å². The molecule has 1 aliphatic carbocycles. The number of amides is 1. The summed E-state index contributed by atoms with van der Waals surface area (Å²) in [7, 11) is 0. The van der Waals surface area contributed by atoms with Crippen LogP contribution in [0.4, 0.5) is 18.9 Å². The number of aromatic amines is 1. The fourth-order valence-corrected chi connectivity index (χ4v) is 3.80. The van der Waals surface area contributed by atoms with E-state index in [1.807, 2.05) is 6.92 Å². The predicted molar refractivity (Wildman–Crippen MR) is 116 cm³/mol. The average Bonchev–Trinajstić information content (AvgIpc) is 3.07. The van der Waals surface area contributed by atoms with Crippen LogP contribution >= 0.6 is 0 Å². The van der Waals surface area contributed by atoms with Crippen LogP contribution in [0, 0.1) is 5.92 Å². The Morgan fingerprint density at radius 1 is 1.16 bits per heavy atom. The van der Waals surface area contributed by atoms with Crippen molar-refractivity contribution in [2.75, 3.05) is 11.9 Å². The minimum absolute atomic E-state index is 0.0244. The molecule has 2 aromatic carbocycles. The summed E-state index contributed by atoms with van der Waals surface area (Å²) < 4.78 is 41.8. The van der Waals surface area contributed by atoms with Crippen LogP contribution in [0.2, 0.25) is 0 Å². The smallest absolute Gasteiger partial charge is 0.416 e. The van der Waals surface area contributed by atoms with Crippen molar-refractivity contribution in [2.45, 2.75) is 44.4 Å². The van der Waals surface area contributed by atoms with Gasteiger partial charge in [0.15, 0.2) is 0 Å². The topological polar surface area (TPSA) is 74.3 Å². The minimum Gasteiger partial charge on any atom is -0.508 e. The monoisotopic (exact) mass is 446 g/mol. The second-order valence-electron chi connectivity index (χ2n) is 8.31. The van der Waals surface area contributed by atoms with Gasteiger partial charge in [-0.05, 0) is 61.6 Å². The Hall–Kier alpha value is -3.00. The number of phenols is 1. The van der Waals surface area contributed by atoms with Crippen molar-refractivity contribution in [3.8, 4) is 5.75 Å². The van der Waals surface area contributed by atoms with E-state index < -0.39 is 11.7 Å². The molecule has 1 aliphatic heterocycles. The van der Waals surface area contributed by atoms with Crippen molar-refractivity contribution >= 4 is 22.5 Å². The van der Waals surface area contributed by atoms with E-state index in [0.29, 0.717) is 18.2 Å². The summed E-state index contributed by atoms with van der Waals surface area (Å²) >= 11 is 0. The Kier molecular flexibility index (Phi) is 6.15. The molecule has 5 nitrogen and oxygen atoms in total. The van der Waals surface area contributed by atoms with Crippen molar-refractivity contribution in [3.05, 3.63) is 59.8 Å². The Bertz CT molecular complexity index is 1090. The van der Waals surface area contributed by atoms with Crippen molar-refractivity contribution in [2.24, 2.45) is 5.92 Å². The SMILES string of the molecule is CC1OCC1C(=O)Nc1c[nH]c2ccc(O)cc12.FC(F)(F)c1ccc(C2CCC2)cc1. The summed E-state index contributed by atoms with van der Waals surface area (Å²) in [6.45, 7) is 2.36. The number of ether oxygens (including phenoxy) is 1. The van der Waals surface area contributed by atoms with Crippen LogP contribution in [-0.2, 0) is 15.7 Å². The third-order valence-corrected chi connectivity index (χ3v) is 6.18. The lowest BCUT2D eigenvalue weighted by molar-refractivity contribution is -0.147. The summed E-state index contributed by atoms with van der Waals surface area (Å²) in [6, 6.07) is 10.6. The van der Waals surface area contributed by atoms with E-state index in [1.165, 1.54) is 18.6 Å². The first-order valence-electron chi connectivity index (χ1n) is 10.6. The van der Waals surface area contributed by atoms with Gasteiger partial charge in [-0.25, -0.2) is 0 Å². The molecule has 0 spiro atoms. The minimum atomic E-state index is -4.21. The van der Waals surface area contributed by atoms with Gasteiger partial charge in [-0.15, -0.1) is 0 Å². The summed E-state index contributed by atoms with van der Waals surface area (Å²) in [6.07, 6.45) is 0.927. The molecule has 170 valence electrons. The molecule has 2 atom stereocenters. The lowest BCUT2D eigenvalue weighted by atomic mass is 9.80. The molecule has 0 bridgehead atoms. The van der Waals surface area contributed by atoms with Gasteiger partial charge < -0.3 is 20.1 Å². The normalized spacial score (nSPS) is 20.6. The highest BCUT2D eigenvalue weighted by Crippen LogP contribution is 2.37. The van der Waals surface area contributed by atoms with Gasteiger partial charge in [0, 0.05) is 17.1 Å². The summed E-state index contributed by atoms with van der Waals surface area (Å²) in [5.41, 5.74) is 2.05. The molecule has 2 heterocycles. The molecular weight excluding hydrogens is 421 g/mol. The van der Waals surface area contributed by atoms with Crippen LogP contribution in [0.15, 0.2) is 48.7 Å². The van der Waals surface area contributed by atoms with Gasteiger partial charge in [-0.2, -0.15) is 13.2 Å². The van der Waals surface area contributed by atoms with E-state index in [2.05, 4.69) is 10.3 Å². The second kappa shape index (κ2) is 8.86. The first kappa shape index (κ1) is 22.2. The Morgan fingerprint density at radius 3 is 2.41 bits per heavy atom. The molecular formula is C24H25F3N2O3. The number of benzene rings is 2. The maximum atomic E-state index is 12.2. The lowest BCUT2D eigenvalue weighted by Gasteiger charge is -2.32. The zero-order valence-corrected chi connectivity index (χ0v) is 17.6. The number of H-pyrrole nitrogens is 1. The zero-order chi connectivity index (χ0) is 22.9. The van der Waals surface area contributed by atoms with Gasteiger partial charge in [-0.1, -0.05) is 18.6 Å². The van der Waals surface area contributed by atoms with E-state index in [-0.39, 0.29) is 23.7 Å². The number of fused-ring (bicyclic) bond motifs is 1. The standard InChI is InChI=1S/C13H14N2O3.C11H11F3/c1-7-10(6-18-7)13(17)15-12-5-14-11-3-2-8(16)4-9(11)12;12-11(13,14)10-6-4-9(5-7-10)8-2-1-3-8/h2-5,7,10,14,16H,6H2,1H3,(H,15,17);4-8H,1-3H2. The van der Waals surface area contributed by atoms with Gasteiger partial charge in [0.05, 0.1) is 29.9 Å². The molecule has 3 aromatic rings. The Labute approximate surface area is 183 Å². The number of alkyl halides is 3. The first-order valence-corrected chi connectivity index (χ1v) is 10.6. The number of hydrogen-bond acceptors (Lipinski definition) is 3. The Morgan fingerprint density at radius 2 is 1.88 bits per heavy atom. The lowest BCUT2D eigenvalue weighted by Crippen LogP contribution is -2.45. The number of aromatic nitrogens is 1. The highest BCUT2D eigenvalue weighted by Gasteiger charge is 2.34. The van der Waals surface area contributed by atoms with Crippen molar-refractivity contribution in [1.29, 1.82) is 0 Å². The summed E-state index contributed by atoms with van der Waals surface area (Å²) in [5.74, 6) is 0.542. The van der Waals surface area contributed by atoms with E-state index >= 15 is 0 Å². The van der Waals surface area contributed by atoms with Crippen LogP contribution < -0.4 is 5.32 Å². The largest absolute Gasteiger partial charge is 0.508 e. The average molecular weight is 446 g/mol. The number of halogens is 3. The van der Waals surface area contributed by atoms with Crippen LogP contribution in [0.3, 0.4) is 0 Å². The molecule has 1 saturated carbocycles. The highest BCUT2D eigenvalue weighted by atomic mass is 19.4. The molecule has 32 heavy (non-hydrogen) atoms. The highest BCUT2D eigenvalue weighted by molar-refractivity contribution is 6.03. The van der Waals surface area contributed by atoms with Crippen molar-refractivity contribution in [1.82, 2.24) is 4.98 Å². The molecule has 1 saturated heterocycles. The van der Waals surface area contributed by atoms with Gasteiger partial charge >= 0.3 is 6.18 Å². The molecule has 2 fully saturated rings. The van der Waals surface area contributed by atoms with Crippen LogP contribution in [0.25, 0.3) is 10.9 Å². The fraction of sp³-hybridized carbons (Fsp3) is 0.375. The van der Waals surface area contributed by atoms with Gasteiger partial charge in [0.1, 0.15) is 5.75 Å². The summed E-state index contributed by atoms with van der Waals surface area (Å²) in [4.78, 5) is 15.0. The molecule has 5 rings (SSSR count). The predicted octanol–water partition coefficient (Wildman–Crippen LogP) is 5.82. The molecule has 2 unspecified atom stereocenters. The van der Waals surface area contributed by atoms with E-state index in [0.717, 1.165) is 29.3 Å². The van der Waals surface area contributed by atoms with E-state index in [9.17, 15) is 23.1 Å². The second-order valence-corrected chi connectivity index (χ2v) is 8.31. The number of phenolic OH excluding ortho intramolecular Hbond substituents is 1. The Balaban J connectivity index is 0.000000158. The third kappa shape index (κ3) is 4.75. The summed E-state index contributed by atoms with van der Waals surface area (Å²) in [5, 5.41) is 13.1. The van der Waals surface area contributed by atoms with Crippen molar-refractivity contribution in [3.63, 3.8) is 0 Å². The first-order chi connectivity index (χ1) is 15.2. The molecule has 2 aliphatic rings. The number of aromatic hydroxyl groups is 1. The number of carbonyl (C=O) groups is 1. The zero-order valence-electron chi connectivity index (χ0n) is 17.6. The maximum absolute atomic E-state index is 12.2. The van der Waals surface area contributed by atoms with E-state index in [4.69, 9.17) is 4.74 Å². The van der Waals surface area contributed by atoms with Crippen LogP contribution in [0.1, 0.15) is 43.2 Å². The van der Waals surface area contributed by atoms with Gasteiger partial charge in [0.2, 0.25) is 5.91 Å². The quantitative estimate of drug-likeness (QED) is 0.475. The number of carbonyl (C=O) groups excluding carboxylic acids is 1. The number of anilines is 1. The maximum Gasteiger partial charge on any atom is 0.416 e. The fourth-order valence-electron chi connectivity index (χ4n) is 3.80. The molecule has 3 N–H and O–H groups in total. The molecule has 8 heteroatoms. The molecule has 0 radical (unpaired) electrons. The number of rotatable bonds is 3. The van der Waals surface area contributed by atoms with Gasteiger partial charge in [-0.3, -0.25) is 4.79 Å². The van der Waals surface area contributed by atoms with Crippen LogP contribution in [0.5, 0.6) is 5.75 Å². The molecule has 1 amide bonds. The third-order valence-electron chi connectivity index (χ3n) is 6.18. The number of nitrogens with one attached hydrogen (secondary N) is 2. The molecule has 1 aromatic heterocycles. The van der Waals surface area contributed by atoms with Crippen LogP contribution in [-0.4, -0.2) is 28.7 Å².